The van der Waals surface area contributed by atoms with Crippen molar-refractivity contribution < 1.29 is 18.7 Å². The number of hydrogen-bond donors (Lipinski definition) is 0. The molecule has 0 spiro atoms. The minimum Gasteiger partial charge on any atom is -0.482 e. The number of amides is 1. The number of rotatable bonds is 4. The first-order valence-electron chi connectivity index (χ1n) is 8.43. The van der Waals surface area contributed by atoms with Crippen molar-refractivity contribution in [3.63, 3.8) is 0 Å². The van der Waals surface area contributed by atoms with E-state index in [0.29, 0.717) is 11.5 Å². The quantitative estimate of drug-likeness (QED) is 0.861. The summed E-state index contributed by atoms with van der Waals surface area (Å²) >= 11 is 0. The van der Waals surface area contributed by atoms with Crippen molar-refractivity contribution in [2.45, 2.75) is 51.0 Å². The zero-order valence-corrected chi connectivity index (χ0v) is 13.8. The summed E-state index contributed by atoms with van der Waals surface area (Å²) in [6, 6.07) is 11.4. The van der Waals surface area contributed by atoms with Crippen molar-refractivity contribution in [1.82, 2.24) is 4.90 Å². The fourth-order valence-electron chi connectivity index (χ4n) is 3.24. The summed E-state index contributed by atoms with van der Waals surface area (Å²) in [5.74, 6) is 2.06. The van der Waals surface area contributed by atoms with E-state index in [1.807, 2.05) is 55.1 Å². The van der Waals surface area contributed by atoms with Gasteiger partial charge in [0.2, 0.25) is 6.10 Å². The molecule has 24 heavy (non-hydrogen) atoms. The monoisotopic (exact) mass is 327 g/mol. The van der Waals surface area contributed by atoms with Crippen LogP contribution in [-0.4, -0.2) is 29.1 Å². The summed E-state index contributed by atoms with van der Waals surface area (Å²) < 4.78 is 17.4. The van der Waals surface area contributed by atoms with Crippen LogP contribution in [-0.2, 0) is 4.79 Å². The van der Waals surface area contributed by atoms with Crippen molar-refractivity contribution in [3.05, 3.63) is 48.4 Å². The number of carbonyl (C=O) groups excluding carboxylic acids is 1. The van der Waals surface area contributed by atoms with Crippen molar-refractivity contribution >= 4 is 5.91 Å². The second-order valence-electron chi connectivity index (χ2n) is 6.48. The topological polar surface area (TPSA) is 51.9 Å². The highest BCUT2D eigenvalue weighted by Crippen LogP contribution is 2.38. The van der Waals surface area contributed by atoms with E-state index in [1.54, 1.807) is 6.26 Å². The normalized spacial score (nSPS) is 23.6. The van der Waals surface area contributed by atoms with Crippen molar-refractivity contribution in [3.8, 4) is 11.5 Å². The van der Waals surface area contributed by atoms with Crippen LogP contribution in [0.2, 0.25) is 0 Å². The lowest BCUT2D eigenvalue weighted by molar-refractivity contribution is -0.147. The van der Waals surface area contributed by atoms with E-state index in [1.165, 1.54) is 0 Å². The second kappa shape index (κ2) is 5.89. The highest BCUT2D eigenvalue weighted by Gasteiger charge is 2.44. The molecule has 1 aromatic carbocycles. The smallest absolute Gasteiger partial charge is 0.268 e. The SMILES string of the molecule is CC1Oc2ccccc2OC1C(=O)N(C1CC1)C(C)c1ccco1. The molecular formula is C19H21NO4. The number of nitrogens with zero attached hydrogens (tertiary/aromatic N) is 1. The molecule has 0 saturated heterocycles. The van der Waals surface area contributed by atoms with Gasteiger partial charge in [-0.1, -0.05) is 12.1 Å². The fraction of sp³-hybridized carbons (Fsp3) is 0.421. The Morgan fingerprint density at radius 2 is 1.83 bits per heavy atom. The first-order chi connectivity index (χ1) is 11.6. The molecule has 0 radical (unpaired) electrons. The molecule has 5 nitrogen and oxygen atoms in total. The summed E-state index contributed by atoms with van der Waals surface area (Å²) in [5, 5.41) is 0. The maximum absolute atomic E-state index is 13.2. The molecule has 4 rings (SSSR count). The largest absolute Gasteiger partial charge is 0.482 e. The second-order valence-corrected chi connectivity index (χ2v) is 6.48. The van der Waals surface area contributed by atoms with Crippen molar-refractivity contribution in [2.75, 3.05) is 0 Å². The molecule has 1 saturated carbocycles. The Morgan fingerprint density at radius 1 is 1.12 bits per heavy atom. The Labute approximate surface area is 141 Å². The Morgan fingerprint density at radius 3 is 2.46 bits per heavy atom. The first-order valence-corrected chi connectivity index (χ1v) is 8.43. The third-order valence-corrected chi connectivity index (χ3v) is 4.65. The van der Waals surface area contributed by atoms with Gasteiger partial charge in [0.1, 0.15) is 11.9 Å². The van der Waals surface area contributed by atoms with E-state index in [4.69, 9.17) is 13.9 Å². The number of carbonyl (C=O) groups is 1. The Hall–Kier alpha value is -2.43. The molecule has 1 fully saturated rings. The zero-order valence-electron chi connectivity index (χ0n) is 13.8. The van der Waals surface area contributed by atoms with Crippen LogP contribution in [0.5, 0.6) is 11.5 Å². The number of ether oxygens (including phenoxy) is 2. The number of hydrogen-bond acceptors (Lipinski definition) is 4. The zero-order chi connectivity index (χ0) is 16.7. The third-order valence-electron chi connectivity index (χ3n) is 4.65. The van der Waals surface area contributed by atoms with Crippen LogP contribution in [0.4, 0.5) is 0 Å². The van der Waals surface area contributed by atoms with Crippen molar-refractivity contribution in [1.29, 1.82) is 0 Å². The molecule has 0 bridgehead atoms. The molecule has 1 aliphatic heterocycles. The van der Waals surface area contributed by atoms with Gasteiger partial charge < -0.3 is 18.8 Å². The lowest BCUT2D eigenvalue weighted by Gasteiger charge is -2.36. The molecule has 3 unspecified atom stereocenters. The average molecular weight is 327 g/mol. The molecular weight excluding hydrogens is 306 g/mol. The van der Waals surface area contributed by atoms with Gasteiger partial charge in [-0.25, -0.2) is 0 Å². The van der Waals surface area contributed by atoms with Gasteiger partial charge in [0, 0.05) is 6.04 Å². The van der Waals surface area contributed by atoms with E-state index in [9.17, 15) is 4.79 Å². The Balaban J connectivity index is 1.59. The van der Waals surface area contributed by atoms with Crippen LogP contribution < -0.4 is 9.47 Å². The molecule has 2 aromatic rings. The Kier molecular flexibility index (Phi) is 3.71. The molecule has 3 atom stereocenters. The van der Waals surface area contributed by atoms with E-state index >= 15 is 0 Å². The van der Waals surface area contributed by atoms with Crippen LogP contribution in [0.25, 0.3) is 0 Å². The lowest BCUT2D eigenvalue weighted by atomic mass is 10.1. The summed E-state index contributed by atoms with van der Waals surface area (Å²) in [5.41, 5.74) is 0. The first kappa shape index (κ1) is 15.1. The highest BCUT2D eigenvalue weighted by molar-refractivity contribution is 5.83. The third kappa shape index (κ3) is 2.64. The molecule has 2 heterocycles. The predicted molar refractivity (Wildman–Crippen MR) is 87.9 cm³/mol. The van der Waals surface area contributed by atoms with Gasteiger partial charge in [-0.3, -0.25) is 4.79 Å². The molecule has 5 heteroatoms. The van der Waals surface area contributed by atoms with Crippen LogP contribution >= 0.6 is 0 Å². The summed E-state index contributed by atoms with van der Waals surface area (Å²) in [6.07, 6.45) is 2.71. The molecule has 2 aliphatic rings. The predicted octanol–water partition coefficient (Wildman–Crippen LogP) is 3.56. The molecule has 1 amide bonds. The van der Waals surface area contributed by atoms with Gasteiger partial charge in [-0.15, -0.1) is 0 Å². The van der Waals surface area contributed by atoms with Gasteiger partial charge in [0.25, 0.3) is 5.91 Å². The van der Waals surface area contributed by atoms with Gasteiger partial charge in [-0.2, -0.15) is 0 Å². The molecule has 126 valence electrons. The van der Waals surface area contributed by atoms with Crippen LogP contribution in [0.3, 0.4) is 0 Å². The van der Waals surface area contributed by atoms with Crippen LogP contribution in [0.1, 0.15) is 38.5 Å². The Bertz CT molecular complexity index is 723. The molecule has 1 aromatic heterocycles. The minimum absolute atomic E-state index is 0.0385. The van der Waals surface area contributed by atoms with E-state index < -0.39 is 6.10 Å². The number of fused-ring (bicyclic) bond motifs is 1. The van der Waals surface area contributed by atoms with Gasteiger partial charge in [0.15, 0.2) is 11.5 Å². The standard InChI is InChI=1S/C19H21NO4/c1-12(15-8-5-11-22-15)20(14-9-10-14)19(21)18-13(2)23-16-6-3-4-7-17(16)24-18/h3-8,11-14,18H,9-10H2,1-2H3. The number of furan rings is 1. The van der Waals surface area contributed by atoms with Gasteiger partial charge in [0.05, 0.1) is 12.3 Å². The fourth-order valence-corrected chi connectivity index (χ4v) is 3.24. The molecule has 0 N–H and O–H groups in total. The molecule has 1 aliphatic carbocycles. The van der Waals surface area contributed by atoms with Crippen molar-refractivity contribution in [2.24, 2.45) is 0 Å². The van der Waals surface area contributed by atoms with Crippen LogP contribution in [0.15, 0.2) is 47.1 Å². The average Bonchev–Trinajstić information content (AvgIpc) is 3.25. The van der Waals surface area contributed by atoms with Gasteiger partial charge >= 0.3 is 0 Å². The summed E-state index contributed by atoms with van der Waals surface area (Å²) in [7, 11) is 0. The van der Waals surface area contributed by atoms with E-state index in [2.05, 4.69) is 0 Å². The highest BCUT2D eigenvalue weighted by atomic mass is 16.6. The summed E-state index contributed by atoms with van der Waals surface area (Å²) in [4.78, 5) is 15.1. The van der Waals surface area contributed by atoms with E-state index in [0.717, 1.165) is 18.6 Å². The lowest BCUT2D eigenvalue weighted by Crippen LogP contribution is -2.51. The minimum atomic E-state index is -0.641. The van der Waals surface area contributed by atoms with Gasteiger partial charge in [-0.05, 0) is 51.0 Å². The maximum Gasteiger partial charge on any atom is 0.268 e. The summed E-state index contributed by atoms with van der Waals surface area (Å²) in [6.45, 7) is 3.87. The van der Waals surface area contributed by atoms with Crippen LogP contribution in [0, 0.1) is 0 Å². The maximum atomic E-state index is 13.2. The number of para-hydroxylation sites is 2. The number of benzene rings is 1. The van der Waals surface area contributed by atoms with E-state index in [-0.39, 0.29) is 24.1 Å².